The van der Waals surface area contributed by atoms with Crippen molar-refractivity contribution in [3.05, 3.63) is 0 Å². The van der Waals surface area contributed by atoms with E-state index in [0.29, 0.717) is 0 Å². The minimum atomic E-state index is 0.906. The summed E-state index contributed by atoms with van der Waals surface area (Å²) in [6.45, 7) is 0. The summed E-state index contributed by atoms with van der Waals surface area (Å²) in [5.74, 6) is 52.6. The van der Waals surface area contributed by atoms with Gasteiger partial charge in [-0.05, 0) is 447 Å². The molecule has 0 saturated heterocycles. The Bertz CT molecular complexity index is 2140. The van der Waals surface area contributed by atoms with Gasteiger partial charge in [0.05, 0.1) is 0 Å². The molecule has 1 spiro atoms. The van der Waals surface area contributed by atoms with Crippen molar-refractivity contribution in [2.45, 2.75) is 238 Å². The summed E-state index contributed by atoms with van der Waals surface area (Å²) in [4.78, 5) is 0. The van der Waals surface area contributed by atoms with Gasteiger partial charge in [-0.15, -0.1) is 0 Å². The van der Waals surface area contributed by atoms with E-state index in [1.807, 2.05) is 0 Å². The lowest BCUT2D eigenvalue weighted by atomic mass is 9.01. The number of fused-ring (bicyclic) bond motifs is 6. The molecule has 0 amide bonds. The number of hydrogen-bond donors (Lipinski definition) is 0. The van der Waals surface area contributed by atoms with E-state index >= 15 is 0 Å². The predicted octanol–water partition coefficient (Wildman–Crippen LogP) is 19.6. The Labute approximate surface area is 488 Å². The van der Waals surface area contributed by atoms with Crippen molar-refractivity contribution in [2.75, 3.05) is 0 Å². The lowest BCUT2D eigenvalue weighted by molar-refractivity contribution is -0.565. The molecule has 0 aromatic rings. The van der Waals surface area contributed by atoms with Crippen molar-refractivity contribution in [1.82, 2.24) is 0 Å². The van der Waals surface area contributed by atoms with E-state index in [2.05, 4.69) is 0 Å². The third-order valence-corrected chi connectivity index (χ3v) is 38.3. The van der Waals surface area contributed by atoms with Gasteiger partial charge < -0.3 is 0 Å². The van der Waals surface area contributed by atoms with Gasteiger partial charge in [0.2, 0.25) is 0 Å². The average molecular weight is 1080 g/mol. The Morgan fingerprint density at radius 3 is 0.988 bits per heavy atom. The summed E-state index contributed by atoms with van der Waals surface area (Å²) < 4.78 is 0. The summed E-state index contributed by atoms with van der Waals surface area (Å²) in [7, 11) is 0. The van der Waals surface area contributed by atoms with Gasteiger partial charge in [-0.1, -0.05) is 44.9 Å². The molecule has 0 heteroatoms. The quantitative estimate of drug-likeness (QED) is 0.227. The van der Waals surface area contributed by atoms with Gasteiger partial charge in [-0.3, -0.25) is 0 Å². The summed E-state index contributed by atoms with van der Waals surface area (Å²) in [5.41, 5.74) is 0.906. The molecular formula is C80H116. The molecule has 0 heterocycles. The number of rotatable bonds is 0. The molecule has 37 aliphatic carbocycles. The zero-order valence-electron chi connectivity index (χ0n) is 50.9. The van der Waals surface area contributed by atoms with E-state index < -0.39 is 0 Å². The van der Waals surface area contributed by atoms with Crippen LogP contribution in [0.3, 0.4) is 0 Å². The van der Waals surface area contributed by atoms with Crippen LogP contribution in [0, 0.1) is 254 Å². The van der Waals surface area contributed by atoms with Crippen LogP contribution >= 0.6 is 0 Å². The van der Waals surface area contributed by atoms with Crippen LogP contribution in [-0.4, -0.2) is 0 Å². The van der Waals surface area contributed by atoms with Crippen molar-refractivity contribution in [1.29, 1.82) is 0 Å². The molecule has 0 aliphatic heterocycles. The van der Waals surface area contributed by atoms with Gasteiger partial charge >= 0.3 is 0 Å². The highest BCUT2D eigenvalue weighted by Gasteiger charge is 2.97. The van der Waals surface area contributed by atoms with Gasteiger partial charge in [0.25, 0.3) is 0 Å². The predicted molar refractivity (Wildman–Crippen MR) is 320 cm³/mol. The van der Waals surface area contributed by atoms with Crippen LogP contribution in [0.1, 0.15) is 238 Å². The molecule has 80 heavy (non-hydrogen) atoms. The van der Waals surface area contributed by atoms with E-state index in [1.165, 1.54) is 243 Å². The van der Waals surface area contributed by atoms with Crippen molar-refractivity contribution in [3.8, 4) is 0 Å². The Morgan fingerprint density at radius 2 is 0.537 bits per heavy atom. The molecule has 37 fully saturated rings. The van der Waals surface area contributed by atoms with Gasteiger partial charge in [0.1, 0.15) is 0 Å². The zero-order chi connectivity index (χ0) is 50.9. The SMILES string of the molecule is C12C3C4C1C1C2C3C41.C1C2C3CC4C5CC3C1C5C24.C1C2CC3C1C3C2.C1C2CC3CC1CC(C2)C3.C1C2CC3CC1CC3C2.C1CC2C3C(C1)C23.C1CC2C3C1C23.C1CC2CC3CCCC3(C1)C2.C1CCC2C3CCC2C(C1)C3. The normalized spacial score (nSPS) is 70.2. The first-order valence-corrected chi connectivity index (χ1v) is 39.5. The molecule has 24 bridgehead atoms. The van der Waals surface area contributed by atoms with Crippen LogP contribution in [0.25, 0.3) is 0 Å². The van der Waals surface area contributed by atoms with Crippen LogP contribution in [0.2, 0.25) is 0 Å². The van der Waals surface area contributed by atoms with E-state index in [4.69, 9.17) is 0 Å². The minimum absolute atomic E-state index is 0.906. The molecule has 37 rings (SSSR count). The topological polar surface area (TPSA) is 0 Å². The third kappa shape index (κ3) is 6.54. The van der Waals surface area contributed by atoms with Crippen molar-refractivity contribution < 1.29 is 0 Å². The maximum atomic E-state index is 1.68. The first-order chi connectivity index (χ1) is 39.5. The smallest absolute Gasteiger partial charge is 0.0266 e. The fraction of sp³-hybridized carbons (Fsp3) is 1.00. The van der Waals surface area contributed by atoms with Gasteiger partial charge in [0.15, 0.2) is 0 Å². The zero-order valence-corrected chi connectivity index (χ0v) is 50.9. The second-order valence-corrected chi connectivity index (χ2v) is 39.9. The van der Waals surface area contributed by atoms with Crippen LogP contribution in [0.5, 0.6) is 0 Å². The largest absolute Gasteiger partial charge is 0.0530 e. The molecule has 436 valence electrons. The molecule has 0 nitrogen and oxygen atoms in total. The Balaban J connectivity index is 0.0000000613. The highest BCUT2D eigenvalue weighted by molar-refractivity contribution is 5.44. The summed E-state index contributed by atoms with van der Waals surface area (Å²) in [6.07, 6.45) is 59.3. The monoisotopic (exact) mass is 1080 g/mol. The molecule has 0 radical (unpaired) electrons. The Morgan fingerprint density at radius 1 is 0.175 bits per heavy atom. The van der Waals surface area contributed by atoms with Crippen molar-refractivity contribution in [2.24, 2.45) is 254 Å². The second kappa shape index (κ2) is 16.8. The Hall–Kier alpha value is 0. The lowest BCUT2D eigenvalue weighted by Crippen LogP contribution is -3.00. The number of hydrogen-bond acceptors (Lipinski definition) is 0. The van der Waals surface area contributed by atoms with E-state index in [9.17, 15) is 0 Å². The highest BCUT2D eigenvalue weighted by Crippen LogP contribution is 3.01. The fourth-order valence-corrected chi connectivity index (χ4v) is 36.1. The molecule has 0 aromatic carbocycles. The average Bonchev–Trinajstić information content (AvgIpc) is 1.73. The maximum absolute atomic E-state index is 1.68. The molecular weight excluding hydrogens is 961 g/mol. The summed E-state index contributed by atoms with van der Waals surface area (Å²) in [5, 5.41) is 0. The standard InChI is InChI=1S/C11H14.2C11H18.C10H16.C9H14.C8H8.2C7H10.C6H8/c1-4-5-2-9-8(1)10-6(4)3-7(5)11(9)10;1-3-9-7-10-4-2-6-11(10,5-1)8-9;1-2-4-10-9-5-6-11(10)8(3-1)7-9;1-7-2-9-4-8(1)5-10(3-7)6-9;1-6-2-8-4-7(1)5-9(8)3-6;1-2-5-3(1)7-4(1)6(2)8(5)7;1-4-2-6-5(1)7(6)3-4;1-2-4-6-5(3-1)7(4)6;1-2-4-5-3(1)6(4)5/h4-11H,1-3H2;9-10H,1-8H2;8-11H,1-7H2;7-10H,1-6H2;6-9H,1-5H2;1-8H;2*4-7H,1-3H2;3-6H,1-2H2. The van der Waals surface area contributed by atoms with Gasteiger partial charge in [-0.25, -0.2) is 0 Å². The first kappa shape index (κ1) is 48.0. The van der Waals surface area contributed by atoms with Crippen molar-refractivity contribution in [3.63, 3.8) is 0 Å². The lowest BCUT2D eigenvalue weighted by Gasteiger charge is -3.03. The third-order valence-electron chi connectivity index (χ3n) is 38.3. The van der Waals surface area contributed by atoms with Crippen LogP contribution in [0.4, 0.5) is 0 Å². The van der Waals surface area contributed by atoms with E-state index in [-0.39, 0.29) is 0 Å². The van der Waals surface area contributed by atoms with E-state index in [1.54, 1.807) is 238 Å². The van der Waals surface area contributed by atoms with Crippen LogP contribution in [0.15, 0.2) is 0 Å². The first-order valence-electron chi connectivity index (χ1n) is 39.5. The summed E-state index contributed by atoms with van der Waals surface area (Å²) >= 11 is 0. The fourth-order valence-electron chi connectivity index (χ4n) is 36.1. The summed E-state index contributed by atoms with van der Waals surface area (Å²) in [6, 6.07) is 0. The Kier molecular flexibility index (Phi) is 10.1. The van der Waals surface area contributed by atoms with E-state index in [0.717, 1.165) is 11.3 Å². The van der Waals surface area contributed by atoms with Crippen LogP contribution in [-0.2, 0) is 0 Å². The molecule has 0 N–H and O–H groups in total. The molecule has 37 saturated carbocycles. The molecule has 37 aliphatic rings. The molecule has 0 aromatic heterocycles. The van der Waals surface area contributed by atoms with Gasteiger partial charge in [0, 0.05) is 0 Å². The maximum Gasteiger partial charge on any atom is -0.0266 e. The highest BCUT2D eigenvalue weighted by atomic mass is 15.0. The van der Waals surface area contributed by atoms with Gasteiger partial charge in [-0.2, -0.15) is 0 Å². The molecule has 15 atom stereocenters. The van der Waals surface area contributed by atoms with Crippen LogP contribution < -0.4 is 0 Å². The van der Waals surface area contributed by atoms with Crippen molar-refractivity contribution >= 4 is 0 Å². The minimum Gasteiger partial charge on any atom is -0.0530 e. The second-order valence-electron chi connectivity index (χ2n) is 39.9. The molecule has 15 unspecified atom stereocenters.